The summed E-state index contributed by atoms with van der Waals surface area (Å²) in [5, 5.41) is 8.81. The number of carbonyl (C=O) groups is 1. The van der Waals surface area contributed by atoms with Gasteiger partial charge in [-0.1, -0.05) is 37.6 Å². The van der Waals surface area contributed by atoms with Crippen LogP contribution < -0.4 is 9.64 Å². The van der Waals surface area contributed by atoms with Gasteiger partial charge in [-0.2, -0.15) is 13.2 Å². The summed E-state index contributed by atoms with van der Waals surface area (Å²) in [7, 11) is 0. The predicted molar refractivity (Wildman–Crippen MR) is 123 cm³/mol. The topological polar surface area (TPSA) is 75.5 Å². The van der Waals surface area contributed by atoms with Crippen LogP contribution in [0.3, 0.4) is 0 Å². The maximum Gasteiger partial charge on any atom is 0.416 e. The second-order valence-electron chi connectivity index (χ2n) is 7.89. The fourth-order valence-corrected chi connectivity index (χ4v) is 3.43. The number of rotatable bonds is 10. The molecule has 180 valence electrons. The Morgan fingerprint density at radius 1 is 1.12 bits per heavy atom. The number of carboxylic acid groups (broad SMARTS) is 1. The quantitative estimate of drug-likeness (QED) is 0.405. The summed E-state index contributed by atoms with van der Waals surface area (Å²) in [6.45, 7) is 4.78. The average molecular weight is 473 g/mol. The van der Waals surface area contributed by atoms with Crippen LogP contribution in [0.15, 0.2) is 54.9 Å². The van der Waals surface area contributed by atoms with E-state index in [0.29, 0.717) is 29.4 Å². The van der Waals surface area contributed by atoms with Crippen LogP contribution in [0.1, 0.15) is 36.5 Å². The third kappa shape index (κ3) is 6.69. The summed E-state index contributed by atoms with van der Waals surface area (Å²) in [6, 6.07) is 10.4. The van der Waals surface area contributed by atoms with Gasteiger partial charge >= 0.3 is 12.1 Å². The van der Waals surface area contributed by atoms with Gasteiger partial charge in [0.1, 0.15) is 11.6 Å². The maximum absolute atomic E-state index is 12.9. The lowest BCUT2D eigenvalue weighted by Gasteiger charge is -2.24. The summed E-state index contributed by atoms with van der Waals surface area (Å²) in [4.78, 5) is 21.8. The number of ether oxygens (including phenoxy) is 1. The molecule has 0 saturated carbocycles. The molecule has 0 saturated heterocycles. The van der Waals surface area contributed by atoms with Crippen LogP contribution in [0, 0.1) is 6.92 Å². The molecule has 2 aromatic carbocycles. The van der Waals surface area contributed by atoms with E-state index >= 15 is 0 Å². The molecule has 0 radical (unpaired) electrons. The number of aromatic nitrogens is 2. The summed E-state index contributed by atoms with van der Waals surface area (Å²) in [5.41, 5.74) is 2.13. The minimum atomic E-state index is -4.39. The first-order valence-electron chi connectivity index (χ1n) is 10.9. The Balaban J connectivity index is 1.83. The Bertz CT molecular complexity index is 1120. The first-order chi connectivity index (χ1) is 16.2. The van der Waals surface area contributed by atoms with Crippen molar-refractivity contribution in [1.82, 2.24) is 9.97 Å². The van der Waals surface area contributed by atoms with Gasteiger partial charge in [-0.05, 0) is 42.7 Å². The van der Waals surface area contributed by atoms with Gasteiger partial charge in [0.2, 0.25) is 0 Å². The van der Waals surface area contributed by atoms with Crippen LogP contribution >= 0.6 is 0 Å². The van der Waals surface area contributed by atoms with Crippen molar-refractivity contribution in [3.05, 3.63) is 71.5 Å². The SMILES string of the molecule is CCCCN(Cc1ccc(OCC(=O)O)c(C)c1)c1cncc(-c2ccc(C(F)(F)F)cc2)n1. The molecule has 0 fully saturated rings. The molecule has 1 aromatic heterocycles. The molecular formula is C25H26F3N3O3. The third-order valence-electron chi connectivity index (χ3n) is 5.20. The van der Waals surface area contributed by atoms with Crippen LogP contribution in [0.2, 0.25) is 0 Å². The van der Waals surface area contributed by atoms with Gasteiger partial charge < -0.3 is 14.7 Å². The van der Waals surface area contributed by atoms with Crippen LogP contribution in [-0.2, 0) is 17.5 Å². The van der Waals surface area contributed by atoms with Crippen molar-refractivity contribution in [3.8, 4) is 17.0 Å². The van der Waals surface area contributed by atoms with Crippen molar-refractivity contribution in [2.75, 3.05) is 18.1 Å². The Hall–Kier alpha value is -3.62. The van der Waals surface area contributed by atoms with Gasteiger partial charge in [0.15, 0.2) is 6.61 Å². The maximum atomic E-state index is 12.9. The number of hydrogen-bond donors (Lipinski definition) is 1. The fourth-order valence-electron chi connectivity index (χ4n) is 3.43. The van der Waals surface area contributed by atoms with Gasteiger partial charge in [-0.25, -0.2) is 9.78 Å². The second kappa shape index (κ2) is 11.0. The van der Waals surface area contributed by atoms with Gasteiger partial charge in [-0.15, -0.1) is 0 Å². The monoisotopic (exact) mass is 473 g/mol. The zero-order chi connectivity index (χ0) is 24.7. The van der Waals surface area contributed by atoms with Crippen LogP contribution in [0.5, 0.6) is 5.75 Å². The number of aryl methyl sites for hydroxylation is 1. The number of alkyl halides is 3. The van der Waals surface area contributed by atoms with E-state index in [1.165, 1.54) is 18.3 Å². The molecule has 9 heteroatoms. The van der Waals surface area contributed by atoms with Crippen molar-refractivity contribution in [2.24, 2.45) is 0 Å². The third-order valence-corrected chi connectivity index (χ3v) is 5.20. The first-order valence-corrected chi connectivity index (χ1v) is 10.9. The Labute approximate surface area is 196 Å². The number of carboxylic acids is 1. The van der Waals surface area contributed by atoms with Gasteiger partial charge in [0.25, 0.3) is 0 Å². The van der Waals surface area contributed by atoms with E-state index < -0.39 is 24.3 Å². The van der Waals surface area contributed by atoms with Crippen molar-refractivity contribution < 1.29 is 27.8 Å². The van der Waals surface area contributed by atoms with E-state index in [-0.39, 0.29) is 0 Å². The molecule has 34 heavy (non-hydrogen) atoms. The lowest BCUT2D eigenvalue weighted by Crippen LogP contribution is -2.25. The predicted octanol–water partition coefficient (Wildman–Crippen LogP) is 5.74. The molecule has 3 rings (SSSR count). The largest absolute Gasteiger partial charge is 0.482 e. The molecule has 6 nitrogen and oxygen atoms in total. The number of unbranched alkanes of at least 4 members (excludes halogenated alkanes) is 1. The number of aliphatic carboxylic acids is 1. The highest BCUT2D eigenvalue weighted by Gasteiger charge is 2.30. The molecule has 0 bridgehead atoms. The van der Waals surface area contributed by atoms with Gasteiger partial charge in [0, 0.05) is 18.7 Å². The number of hydrogen-bond acceptors (Lipinski definition) is 5. The van der Waals surface area contributed by atoms with Gasteiger partial charge in [0.05, 0.1) is 23.7 Å². The van der Waals surface area contributed by atoms with E-state index in [0.717, 1.165) is 42.6 Å². The van der Waals surface area contributed by atoms with E-state index in [2.05, 4.69) is 21.8 Å². The average Bonchev–Trinajstić information content (AvgIpc) is 2.80. The van der Waals surface area contributed by atoms with E-state index in [1.54, 1.807) is 12.3 Å². The summed E-state index contributed by atoms with van der Waals surface area (Å²) < 4.78 is 43.9. The first kappa shape index (κ1) is 25.0. The molecule has 3 aromatic rings. The highest BCUT2D eigenvalue weighted by atomic mass is 19.4. The Morgan fingerprint density at radius 3 is 2.47 bits per heavy atom. The van der Waals surface area contributed by atoms with E-state index in [4.69, 9.17) is 9.84 Å². The minimum Gasteiger partial charge on any atom is -0.482 e. The zero-order valence-electron chi connectivity index (χ0n) is 19.0. The Kier molecular flexibility index (Phi) is 8.09. The number of benzene rings is 2. The van der Waals surface area contributed by atoms with Gasteiger partial charge in [-0.3, -0.25) is 4.98 Å². The van der Waals surface area contributed by atoms with Crippen LogP contribution in [0.25, 0.3) is 11.3 Å². The van der Waals surface area contributed by atoms with E-state index in [9.17, 15) is 18.0 Å². The van der Waals surface area contributed by atoms with Crippen molar-refractivity contribution >= 4 is 11.8 Å². The molecule has 1 heterocycles. The number of halogens is 3. The standard InChI is InChI=1S/C25H26F3N3O3/c1-3-4-11-31(15-18-5-10-22(17(2)12-18)34-16-24(32)33)23-14-29-13-21(30-23)19-6-8-20(9-7-19)25(26,27)28/h5-10,12-14H,3-4,11,15-16H2,1-2H3,(H,32,33). The fraction of sp³-hybridized carbons (Fsp3) is 0.320. The lowest BCUT2D eigenvalue weighted by molar-refractivity contribution is -0.139. The summed E-state index contributed by atoms with van der Waals surface area (Å²) in [5.74, 6) is 0.0887. The molecule has 0 unspecified atom stereocenters. The molecule has 1 N–H and O–H groups in total. The zero-order valence-corrected chi connectivity index (χ0v) is 19.0. The van der Waals surface area contributed by atoms with Crippen molar-refractivity contribution in [2.45, 2.75) is 39.4 Å². The lowest BCUT2D eigenvalue weighted by atomic mass is 10.1. The molecule has 0 aliphatic carbocycles. The molecule has 0 aliphatic rings. The minimum absolute atomic E-state index is 0.408. The number of nitrogens with zero attached hydrogens (tertiary/aromatic N) is 3. The normalized spacial score (nSPS) is 11.3. The van der Waals surface area contributed by atoms with Crippen molar-refractivity contribution in [1.29, 1.82) is 0 Å². The van der Waals surface area contributed by atoms with Crippen LogP contribution in [0.4, 0.5) is 19.0 Å². The highest BCUT2D eigenvalue weighted by Crippen LogP contribution is 2.31. The number of anilines is 1. The smallest absolute Gasteiger partial charge is 0.416 e. The molecule has 0 aliphatic heterocycles. The Morgan fingerprint density at radius 2 is 1.85 bits per heavy atom. The second-order valence-corrected chi connectivity index (χ2v) is 7.89. The molecule has 0 spiro atoms. The van der Waals surface area contributed by atoms with E-state index in [1.807, 2.05) is 19.1 Å². The highest BCUT2D eigenvalue weighted by molar-refractivity contribution is 5.68. The summed E-state index contributed by atoms with van der Waals surface area (Å²) in [6.07, 6.45) is 0.674. The molecule has 0 atom stereocenters. The van der Waals surface area contributed by atoms with Crippen molar-refractivity contribution in [3.63, 3.8) is 0 Å². The molecular weight excluding hydrogens is 447 g/mol. The molecule has 0 amide bonds. The summed E-state index contributed by atoms with van der Waals surface area (Å²) >= 11 is 0. The van der Waals surface area contributed by atoms with Crippen LogP contribution in [-0.4, -0.2) is 34.2 Å².